The van der Waals surface area contributed by atoms with Gasteiger partial charge in [-0.25, -0.2) is 15.0 Å². The summed E-state index contributed by atoms with van der Waals surface area (Å²) in [4.78, 5) is 37.6. The molecule has 0 saturated carbocycles. The van der Waals surface area contributed by atoms with Crippen molar-refractivity contribution in [2.75, 3.05) is 52.9 Å². The normalized spacial score (nSPS) is 10.7. The maximum atomic E-state index is 6.02. The first-order valence-electron chi connectivity index (χ1n) is 28.2. The minimum Gasteiger partial charge on any atom is -0.414 e. The SMILES string of the molecule is C=C(c1ccc(-c2cnc(C)c(-c3nnc(-c4cccnc4)o3)n2)cc1)N(C)C.C=C(c1ccc(-c2cnc(C)c(-c3nnc(Nc4ccc(Cl)cc4)o3)n2)cc1)N(C)C.C=C(c1ccc(-c2cnc(C)c(-c3nnc(Nc4cccc(Cl)c4)o3)n2)cc1)N(C)C.[HH].[HH].[HH].[HH].[HH]. The lowest BCUT2D eigenvalue weighted by Crippen LogP contribution is -2.08. The van der Waals surface area contributed by atoms with Crippen molar-refractivity contribution in [2.45, 2.75) is 20.8 Å². The van der Waals surface area contributed by atoms with Crippen molar-refractivity contribution in [3.05, 3.63) is 228 Å². The van der Waals surface area contributed by atoms with Gasteiger partial charge in [0, 0.05) is 117 Å². The summed E-state index contributed by atoms with van der Waals surface area (Å²) < 4.78 is 17.4. The van der Waals surface area contributed by atoms with Gasteiger partial charge in [0.25, 0.3) is 17.7 Å². The van der Waals surface area contributed by atoms with Gasteiger partial charge in [0.2, 0.25) is 5.89 Å². The summed E-state index contributed by atoms with van der Waals surface area (Å²) in [7, 11) is 11.8. The third-order valence-corrected chi connectivity index (χ3v) is 14.5. The first-order valence-corrected chi connectivity index (χ1v) is 29.0. The second-order valence-corrected chi connectivity index (χ2v) is 21.9. The Morgan fingerprint density at radius 2 is 0.802 bits per heavy atom. The first kappa shape index (κ1) is 62.8. The number of anilines is 4. The van der Waals surface area contributed by atoms with Crippen LogP contribution in [0.1, 0.15) is 40.9 Å². The highest BCUT2D eigenvalue weighted by atomic mass is 35.5. The smallest absolute Gasteiger partial charge is 0.320 e. The minimum absolute atomic E-state index is 0. The number of rotatable bonds is 17. The van der Waals surface area contributed by atoms with E-state index in [1.807, 2.05) is 187 Å². The van der Waals surface area contributed by atoms with E-state index >= 15 is 0 Å². The summed E-state index contributed by atoms with van der Waals surface area (Å²) >= 11 is 11.9. The number of benzene rings is 5. The van der Waals surface area contributed by atoms with Crippen molar-refractivity contribution in [3.63, 3.8) is 0 Å². The van der Waals surface area contributed by atoms with Crippen LogP contribution in [-0.4, -0.2) is 122 Å². The van der Waals surface area contributed by atoms with E-state index in [0.29, 0.717) is 73.3 Å². The number of hydrogen-bond donors (Lipinski definition) is 2. The van der Waals surface area contributed by atoms with Gasteiger partial charge in [-0.3, -0.25) is 19.9 Å². The topological polar surface area (TPSA) is 241 Å². The first-order chi connectivity index (χ1) is 43.8. The molecule has 0 spiro atoms. The highest BCUT2D eigenvalue weighted by Gasteiger charge is 2.20. The van der Waals surface area contributed by atoms with Crippen molar-refractivity contribution < 1.29 is 20.4 Å². The van der Waals surface area contributed by atoms with Crippen LogP contribution in [0.25, 0.3) is 97.1 Å². The zero-order valence-corrected chi connectivity index (χ0v) is 52.9. The molecule has 7 heterocycles. The Balaban J connectivity index is 0.000000254. The van der Waals surface area contributed by atoms with Crippen LogP contribution in [0, 0.1) is 20.8 Å². The quantitative estimate of drug-likeness (QED) is 0.0861. The van der Waals surface area contributed by atoms with Crippen LogP contribution in [0.2, 0.25) is 10.0 Å². The summed E-state index contributed by atoms with van der Waals surface area (Å²) in [5.41, 5.74) is 17.0. The van der Waals surface area contributed by atoms with Crippen LogP contribution in [0.4, 0.5) is 23.4 Å². The van der Waals surface area contributed by atoms with E-state index in [-0.39, 0.29) is 25.1 Å². The Kier molecular flexibility index (Phi) is 19.5. The monoisotopic (exact) mass is 1260 g/mol. The molecule has 23 heteroatoms. The van der Waals surface area contributed by atoms with E-state index in [1.165, 1.54) is 0 Å². The fourth-order valence-electron chi connectivity index (χ4n) is 8.66. The molecule has 0 radical (unpaired) electrons. The molecule has 0 bridgehead atoms. The molecule has 21 nitrogen and oxygen atoms in total. The average molecular weight is 1260 g/mol. The predicted molar refractivity (Wildman–Crippen MR) is 368 cm³/mol. The molecule has 12 aromatic rings. The Labute approximate surface area is 543 Å². The summed E-state index contributed by atoms with van der Waals surface area (Å²) in [6.45, 7) is 17.8. The number of aromatic nitrogens is 13. The van der Waals surface area contributed by atoms with Gasteiger partial charge in [-0.1, -0.05) is 132 Å². The van der Waals surface area contributed by atoms with E-state index in [2.05, 4.69) is 80.9 Å². The number of nitrogens with zero attached hydrogens (tertiary/aromatic N) is 16. The third-order valence-electron chi connectivity index (χ3n) is 14.0. The van der Waals surface area contributed by atoms with Gasteiger partial charge < -0.3 is 38.6 Å². The molecule has 91 heavy (non-hydrogen) atoms. The summed E-state index contributed by atoms with van der Waals surface area (Å²) in [5, 5.41) is 32.0. The molecule has 0 aliphatic carbocycles. The molecule has 466 valence electrons. The lowest BCUT2D eigenvalue weighted by molar-refractivity contribution is 0.580. The molecule has 0 unspecified atom stereocenters. The molecular formula is C68H72Cl2N18O3. The molecule has 0 aliphatic heterocycles. The molecule has 2 N–H and O–H groups in total. The van der Waals surface area contributed by atoms with Crippen molar-refractivity contribution in [1.82, 2.24) is 80.2 Å². The van der Waals surface area contributed by atoms with Gasteiger partial charge in [0.1, 0.15) is 17.1 Å². The molecule has 0 atom stereocenters. The van der Waals surface area contributed by atoms with Crippen LogP contribution in [0.5, 0.6) is 0 Å². The molecule has 7 aromatic heterocycles. The van der Waals surface area contributed by atoms with Gasteiger partial charge in [-0.15, -0.1) is 20.4 Å². The minimum atomic E-state index is 0. The number of nitrogens with one attached hydrogen (secondary N) is 2. The van der Waals surface area contributed by atoms with Crippen LogP contribution in [0.3, 0.4) is 0 Å². The Morgan fingerprint density at radius 3 is 1.20 bits per heavy atom. The predicted octanol–water partition coefficient (Wildman–Crippen LogP) is 16.2. The van der Waals surface area contributed by atoms with Crippen molar-refractivity contribution in [2.24, 2.45) is 0 Å². The summed E-state index contributed by atoms with van der Waals surface area (Å²) in [6.07, 6.45) is 8.58. The maximum absolute atomic E-state index is 6.02. The lowest BCUT2D eigenvalue weighted by Gasteiger charge is -2.16. The van der Waals surface area contributed by atoms with Gasteiger partial charge in [0.15, 0.2) is 0 Å². The summed E-state index contributed by atoms with van der Waals surface area (Å²) in [6, 6.07) is 42.7. The highest BCUT2D eigenvalue weighted by Crippen LogP contribution is 2.32. The zero-order valence-electron chi connectivity index (χ0n) is 51.3. The van der Waals surface area contributed by atoms with E-state index in [0.717, 1.165) is 73.1 Å². The maximum Gasteiger partial charge on any atom is 0.320 e. The van der Waals surface area contributed by atoms with Crippen molar-refractivity contribution in [3.8, 4) is 80.0 Å². The molecule has 12 rings (SSSR count). The average Bonchev–Trinajstić information content (AvgIpc) is 1.47. The van der Waals surface area contributed by atoms with Crippen LogP contribution in [0.15, 0.2) is 197 Å². The Morgan fingerprint density at radius 1 is 0.407 bits per heavy atom. The third kappa shape index (κ3) is 15.5. The zero-order chi connectivity index (χ0) is 64.3. The van der Waals surface area contributed by atoms with E-state index in [9.17, 15) is 0 Å². The molecule has 0 amide bonds. The molecule has 5 aromatic carbocycles. The lowest BCUT2D eigenvalue weighted by atomic mass is 10.1. The van der Waals surface area contributed by atoms with Gasteiger partial charge in [0.05, 0.1) is 58.3 Å². The Hall–Kier alpha value is -11.3. The number of halogens is 2. The van der Waals surface area contributed by atoms with E-state index in [1.54, 1.807) is 55.2 Å². The van der Waals surface area contributed by atoms with Gasteiger partial charge >= 0.3 is 12.0 Å². The van der Waals surface area contributed by atoms with Crippen molar-refractivity contribution >= 4 is 63.7 Å². The summed E-state index contributed by atoms with van der Waals surface area (Å²) in [5.74, 6) is 1.30. The Bertz CT molecular complexity index is 4540. The number of hydrogen-bond acceptors (Lipinski definition) is 21. The molecule has 0 saturated heterocycles. The van der Waals surface area contributed by atoms with Gasteiger partial charge in [-0.05, 0) is 92.1 Å². The van der Waals surface area contributed by atoms with E-state index in [4.69, 9.17) is 51.4 Å². The largest absolute Gasteiger partial charge is 0.414 e. The molecular weight excluding hydrogens is 1190 g/mol. The fourth-order valence-corrected chi connectivity index (χ4v) is 8.97. The second kappa shape index (κ2) is 28.3. The van der Waals surface area contributed by atoms with Gasteiger partial charge in [-0.2, -0.15) is 0 Å². The standard InChI is InChI=1S/2C23H21ClN6O.C22H20N6O.5H2/c1-14-21(22-28-29-23(31-22)26-19-11-9-18(24)10-12-19)27-20(13-25-14)17-7-5-16(6-8-17)15(2)30(3)4;1-14-21(22-28-29-23(31-22)26-19-7-5-6-18(24)12-19)27-20(13-25-14)17-10-8-16(9-11-17)15(2)30(3)4;1-14-20(22-27-26-21(29-22)18-6-5-11-23-12-18)25-19(13-24-14)17-9-7-16(8-10-17)15(2)28(3)4;;;;;/h2*5-13H,2H2,1,3-4H3,(H,26,29);5-13H,2H2,1,3-4H3;5*1H. The van der Waals surface area contributed by atoms with Crippen molar-refractivity contribution in [1.29, 1.82) is 0 Å². The molecule has 0 fully saturated rings. The van der Waals surface area contributed by atoms with Crippen LogP contribution < -0.4 is 10.6 Å². The van der Waals surface area contributed by atoms with E-state index < -0.39 is 0 Å². The van der Waals surface area contributed by atoms with Crippen LogP contribution >= 0.6 is 23.2 Å². The second-order valence-electron chi connectivity index (χ2n) is 21.1. The molecule has 0 aliphatic rings. The van der Waals surface area contributed by atoms with Crippen LogP contribution in [-0.2, 0) is 0 Å². The fraction of sp³-hybridized carbons (Fsp3) is 0.132. The highest BCUT2D eigenvalue weighted by molar-refractivity contribution is 6.31. The number of pyridine rings is 1. The number of aryl methyl sites for hydroxylation is 3.